The molecule has 0 aliphatic heterocycles. The molecule has 3 heteroatoms. The van der Waals surface area contributed by atoms with Crippen LogP contribution >= 0.6 is 0 Å². The third kappa shape index (κ3) is 1.81. The fraction of sp³-hybridized carbons (Fsp3) is 0.308. The Morgan fingerprint density at radius 3 is 2.25 bits per heavy atom. The molecule has 1 heterocycles. The predicted molar refractivity (Wildman–Crippen MR) is 70.4 cm³/mol. The van der Waals surface area contributed by atoms with Gasteiger partial charge in [-0.3, -0.25) is 0 Å². The molecule has 0 atom stereocenters. The van der Waals surface area contributed by atoms with Crippen LogP contribution in [-0.2, 0) is 0 Å². The van der Waals surface area contributed by atoms with E-state index < -0.39 is 0 Å². The van der Waals surface area contributed by atoms with Gasteiger partial charge in [0.2, 0.25) is 0 Å². The van der Waals surface area contributed by atoms with Gasteiger partial charge in [-0.2, -0.15) is 0 Å². The normalized spacial score (nSPS) is 10.5. The molecule has 16 heavy (non-hydrogen) atoms. The summed E-state index contributed by atoms with van der Waals surface area (Å²) in [6.07, 6.45) is 0. The highest BCUT2D eigenvalue weighted by atomic mass is 15.2. The molecule has 0 saturated carbocycles. The third-order valence-electron chi connectivity index (χ3n) is 2.59. The zero-order chi connectivity index (χ0) is 11.7. The number of benzene rings is 1. The molecule has 84 valence electrons. The monoisotopic (exact) mass is 215 g/mol. The first-order valence-electron chi connectivity index (χ1n) is 5.34. The van der Waals surface area contributed by atoms with Crippen molar-refractivity contribution in [3.05, 3.63) is 30.3 Å². The lowest BCUT2D eigenvalue weighted by molar-refractivity contribution is 1.03. The lowest BCUT2D eigenvalue weighted by Crippen LogP contribution is -2.15. The largest absolute Gasteiger partial charge is 0.363 e. The summed E-state index contributed by atoms with van der Waals surface area (Å²) in [5.41, 5.74) is 0. The Morgan fingerprint density at radius 2 is 1.62 bits per heavy atom. The van der Waals surface area contributed by atoms with Crippen LogP contribution in [0.1, 0.15) is 0 Å². The molecule has 0 N–H and O–H groups in total. The molecule has 3 nitrogen and oxygen atoms in total. The van der Waals surface area contributed by atoms with Crippen LogP contribution in [-0.4, -0.2) is 33.2 Å². The molecule has 0 unspecified atom stereocenters. The highest BCUT2D eigenvalue weighted by Gasteiger charge is 2.08. The molecule has 0 radical (unpaired) electrons. The van der Waals surface area contributed by atoms with Crippen molar-refractivity contribution in [1.82, 2.24) is 4.98 Å². The first kappa shape index (κ1) is 10.7. The Kier molecular flexibility index (Phi) is 2.69. The molecule has 0 aliphatic carbocycles. The molecule has 1 aromatic heterocycles. The topological polar surface area (TPSA) is 19.4 Å². The van der Waals surface area contributed by atoms with Gasteiger partial charge in [0.25, 0.3) is 0 Å². The number of anilines is 2. The average molecular weight is 215 g/mol. The first-order valence-corrected chi connectivity index (χ1v) is 5.34. The van der Waals surface area contributed by atoms with Crippen molar-refractivity contribution >= 4 is 22.4 Å². The van der Waals surface area contributed by atoms with E-state index in [0.29, 0.717) is 0 Å². The molecular weight excluding hydrogens is 198 g/mol. The van der Waals surface area contributed by atoms with E-state index in [2.05, 4.69) is 34.1 Å². The lowest BCUT2D eigenvalue weighted by atomic mass is 10.1. The molecule has 0 saturated heterocycles. The van der Waals surface area contributed by atoms with E-state index in [1.54, 1.807) is 0 Å². The number of pyridine rings is 1. The first-order chi connectivity index (χ1) is 7.59. The van der Waals surface area contributed by atoms with Gasteiger partial charge in [0, 0.05) is 33.6 Å². The SMILES string of the molecule is CN(C)c1cc2ccccc2c(N(C)C)n1. The molecule has 1 aromatic carbocycles. The van der Waals surface area contributed by atoms with Crippen LogP contribution in [0.25, 0.3) is 10.8 Å². The molecule has 2 rings (SSSR count). The standard InChI is InChI=1S/C13H17N3/c1-15(2)12-9-10-7-5-6-8-11(10)13(14-12)16(3)4/h5-9H,1-4H3. The predicted octanol–water partition coefficient (Wildman–Crippen LogP) is 2.37. The van der Waals surface area contributed by atoms with Crippen LogP contribution < -0.4 is 9.80 Å². The quantitative estimate of drug-likeness (QED) is 0.766. The second kappa shape index (κ2) is 4.00. The minimum absolute atomic E-state index is 0.988. The summed E-state index contributed by atoms with van der Waals surface area (Å²) in [6.45, 7) is 0. The molecular formula is C13H17N3. The van der Waals surface area contributed by atoms with Crippen LogP contribution in [0.2, 0.25) is 0 Å². The summed E-state index contributed by atoms with van der Waals surface area (Å²) in [4.78, 5) is 8.73. The lowest BCUT2D eigenvalue weighted by Gasteiger charge is -2.19. The Balaban J connectivity index is 2.74. The number of aromatic nitrogens is 1. The van der Waals surface area contributed by atoms with Crippen molar-refractivity contribution in [1.29, 1.82) is 0 Å². The number of hydrogen-bond donors (Lipinski definition) is 0. The maximum atomic E-state index is 4.65. The number of nitrogens with zero attached hydrogens (tertiary/aromatic N) is 3. The maximum Gasteiger partial charge on any atom is 0.138 e. The van der Waals surface area contributed by atoms with Crippen molar-refractivity contribution in [2.75, 3.05) is 38.0 Å². The minimum atomic E-state index is 0.988. The summed E-state index contributed by atoms with van der Waals surface area (Å²) in [5, 5.41) is 2.42. The van der Waals surface area contributed by atoms with Crippen LogP contribution in [0.3, 0.4) is 0 Å². The average Bonchev–Trinajstić information content (AvgIpc) is 2.27. The number of fused-ring (bicyclic) bond motifs is 1. The molecule has 0 spiro atoms. The molecule has 0 aliphatic rings. The molecule has 0 amide bonds. The summed E-state index contributed by atoms with van der Waals surface area (Å²) in [5.74, 6) is 2.00. The Labute approximate surface area is 96.3 Å². The molecule has 0 fully saturated rings. The van der Waals surface area contributed by atoms with Crippen molar-refractivity contribution in [2.45, 2.75) is 0 Å². The van der Waals surface area contributed by atoms with Gasteiger partial charge in [0.1, 0.15) is 11.6 Å². The zero-order valence-electron chi connectivity index (χ0n) is 10.2. The summed E-state index contributed by atoms with van der Waals surface area (Å²) >= 11 is 0. The fourth-order valence-corrected chi connectivity index (χ4v) is 1.74. The van der Waals surface area contributed by atoms with E-state index >= 15 is 0 Å². The Bertz CT molecular complexity index is 504. The van der Waals surface area contributed by atoms with Gasteiger partial charge in [0.05, 0.1) is 0 Å². The second-order valence-electron chi connectivity index (χ2n) is 4.31. The van der Waals surface area contributed by atoms with E-state index in [4.69, 9.17) is 0 Å². The van der Waals surface area contributed by atoms with Crippen LogP contribution in [0.5, 0.6) is 0 Å². The summed E-state index contributed by atoms with van der Waals surface area (Å²) in [7, 11) is 8.07. The van der Waals surface area contributed by atoms with Crippen molar-refractivity contribution in [3.63, 3.8) is 0 Å². The minimum Gasteiger partial charge on any atom is -0.363 e. The Morgan fingerprint density at radius 1 is 0.938 bits per heavy atom. The number of rotatable bonds is 2. The highest BCUT2D eigenvalue weighted by molar-refractivity contribution is 5.94. The van der Waals surface area contributed by atoms with E-state index in [1.165, 1.54) is 10.8 Å². The zero-order valence-corrected chi connectivity index (χ0v) is 10.2. The van der Waals surface area contributed by atoms with E-state index in [9.17, 15) is 0 Å². The van der Waals surface area contributed by atoms with Gasteiger partial charge in [-0.1, -0.05) is 24.3 Å². The molecule has 2 aromatic rings. The molecule has 0 bridgehead atoms. The third-order valence-corrected chi connectivity index (χ3v) is 2.59. The smallest absolute Gasteiger partial charge is 0.138 e. The van der Waals surface area contributed by atoms with E-state index in [0.717, 1.165) is 11.6 Å². The second-order valence-corrected chi connectivity index (χ2v) is 4.31. The van der Waals surface area contributed by atoms with Crippen molar-refractivity contribution in [3.8, 4) is 0 Å². The fourth-order valence-electron chi connectivity index (χ4n) is 1.74. The van der Waals surface area contributed by atoms with E-state index in [1.807, 2.05) is 39.2 Å². The maximum absolute atomic E-state index is 4.65. The summed E-state index contributed by atoms with van der Waals surface area (Å²) in [6, 6.07) is 10.4. The van der Waals surface area contributed by atoms with Crippen molar-refractivity contribution < 1.29 is 0 Å². The Hall–Kier alpha value is -1.77. The number of hydrogen-bond acceptors (Lipinski definition) is 3. The van der Waals surface area contributed by atoms with Crippen LogP contribution in [0.4, 0.5) is 11.6 Å². The van der Waals surface area contributed by atoms with Crippen LogP contribution in [0.15, 0.2) is 30.3 Å². The summed E-state index contributed by atoms with van der Waals surface area (Å²) < 4.78 is 0. The van der Waals surface area contributed by atoms with Gasteiger partial charge >= 0.3 is 0 Å². The van der Waals surface area contributed by atoms with E-state index in [-0.39, 0.29) is 0 Å². The van der Waals surface area contributed by atoms with Gasteiger partial charge in [-0.05, 0) is 11.5 Å². The van der Waals surface area contributed by atoms with Gasteiger partial charge < -0.3 is 9.80 Å². The highest BCUT2D eigenvalue weighted by Crippen LogP contribution is 2.27. The van der Waals surface area contributed by atoms with Crippen molar-refractivity contribution in [2.24, 2.45) is 0 Å². The van der Waals surface area contributed by atoms with Gasteiger partial charge in [0.15, 0.2) is 0 Å². The van der Waals surface area contributed by atoms with Gasteiger partial charge in [-0.15, -0.1) is 0 Å². The van der Waals surface area contributed by atoms with Gasteiger partial charge in [-0.25, -0.2) is 4.98 Å². The van der Waals surface area contributed by atoms with Crippen LogP contribution in [0, 0.1) is 0 Å².